The van der Waals surface area contributed by atoms with E-state index >= 15 is 0 Å². The van der Waals surface area contributed by atoms with Gasteiger partial charge in [-0.3, -0.25) is 14.3 Å². The number of hydrogen-bond donors (Lipinski definition) is 3. The molecular weight excluding hydrogens is 342 g/mol. The van der Waals surface area contributed by atoms with Crippen molar-refractivity contribution < 1.29 is 18.0 Å². The Labute approximate surface area is 145 Å². The molecule has 1 heterocycles. The van der Waals surface area contributed by atoms with E-state index in [1.165, 1.54) is 25.1 Å². The van der Waals surface area contributed by atoms with Gasteiger partial charge in [-0.05, 0) is 49.7 Å². The number of nitrogens with one attached hydrogen (secondary N) is 3. The standard InChI is InChI=1S/C17H17N3O4S/c1-10-4-3-5-12(8-10)20-25(23,24)13-6-7-14-15(9-13)19-17(22)11(2)16(21)18-14/h3-9,11,20H,1-2H3,(H,18,21)(H,19,22). The third-order valence-corrected chi connectivity index (χ3v) is 5.25. The minimum Gasteiger partial charge on any atom is -0.324 e. The first kappa shape index (κ1) is 17.0. The first-order valence-electron chi connectivity index (χ1n) is 7.61. The molecule has 0 radical (unpaired) electrons. The highest BCUT2D eigenvalue weighted by Crippen LogP contribution is 2.29. The summed E-state index contributed by atoms with van der Waals surface area (Å²) in [4.78, 5) is 23.8. The predicted octanol–water partition coefficient (Wildman–Crippen LogP) is 2.32. The quantitative estimate of drug-likeness (QED) is 0.732. The van der Waals surface area contributed by atoms with Crippen molar-refractivity contribution in [2.45, 2.75) is 18.7 Å². The molecule has 0 saturated carbocycles. The van der Waals surface area contributed by atoms with Crippen molar-refractivity contribution in [3.05, 3.63) is 48.0 Å². The smallest absolute Gasteiger partial charge is 0.261 e. The van der Waals surface area contributed by atoms with Crippen LogP contribution in [0.25, 0.3) is 0 Å². The summed E-state index contributed by atoms with van der Waals surface area (Å²) in [6, 6.07) is 11.1. The Hall–Kier alpha value is -2.87. The van der Waals surface area contributed by atoms with Crippen molar-refractivity contribution in [2.75, 3.05) is 15.4 Å². The molecule has 3 N–H and O–H groups in total. The number of benzene rings is 2. The maximum atomic E-state index is 12.6. The first-order chi connectivity index (χ1) is 11.8. The number of aryl methyl sites for hydroxylation is 1. The van der Waals surface area contributed by atoms with Gasteiger partial charge < -0.3 is 10.6 Å². The van der Waals surface area contributed by atoms with Gasteiger partial charge in [0.25, 0.3) is 10.0 Å². The molecule has 2 amide bonds. The van der Waals surface area contributed by atoms with Gasteiger partial charge in [0, 0.05) is 5.69 Å². The lowest BCUT2D eigenvalue weighted by molar-refractivity contribution is -0.128. The highest BCUT2D eigenvalue weighted by molar-refractivity contribution is 7.92. The van der Waals surface area contributed by atoms with E-state index in [0.717, 1.165) is 5.56 Å². The number of sulfonamides is 1. The molecule has 1 unspecified atom stereocenters. The summed E-state index contributed by atoms with van der Waals surface area (Å²) in [6.45, 7) is 3.34. The van der Waals surface area contributed by atoms with E-state index in [2.05, 4.69) is 15.4 Å². The summed E-state index contributed by atoms with van der Waals surface area (Å²) < 4.78 is 27.7. The van der Waals surface area contributed by atoms with Crippen LogP contribution in [0.3, 0.4) is 0 Å². The minimum atomic E-state index is -3.83. The second-order valence-corrected chi connectivity index (χ2v) is 7.56. The van der Waals surface area contributed by atoms with E-state index in [1.807, 2.05) is 13.0 Å². The molecule has 0 saturated heterocycles. The minimum absolute atomic E-state index is 0.0168. The number of fused-ring (bicyclic) bond motifs is 1. The lowest BCUT2D eigenvalue weighted by Crippen LogP contribution is -2.28. The second-order valence-electron chi connectivity index (χ2n) is 5.88. The van der Waals surface area contributed by atoms with E-state index < -0.39 is 27.8 Å². The summed E-state index contributed by atoms with van der Waals surface area (Å²) in [5.74, 6) is -1.79. The molecule has 1 aliphatic rings. The van der Waals surface area contributed by atoms with Crippen LogP contribution >= 0.6 is 0 Å². The van der Waals surface area contributed by atoms with Crippen molar-refractivity contribution in [3.8, 4) is 0 Å². The first-order valence-corrected chi connectivity index (χ1v) is 9.10. The van der Waals surface area contributed by atoms with E-state index in [1.54, 1.807) is 18.2 Å². The Kier molecular flexibility index (Phi) is 4.22. The zero-order valence-electron chi connectivity index (χ0n) is 13.7. The Morgan fingerprint density at radius 2 is 1.64 bits per heavy atom. The molecule has 2 aromatic rings. The fourth-order valence-corrected chi connectivity index (χ4v) is 3.50. The van der Waals surface area contributed by atoms with Gasteiger partial charge >= 0.3 is 0 Å². The van der Waals surface area contributed by atoms with Crippen molar-refractivity contribution in [1.29, 1.82) is 0 Å². The molecule has 3 rings (SSSR count). The average molecular weight is 359 g/mol. The second kappa shape index (κ2) is 6.21. The molecule has 130 valence electrons. The maximum Gasteiger partial charge on any atom is 0.261 e. The molecule has 0 fully saturated rings. The molecule has 0 bridgehead atoms. The number of hydrogen-bond acceptors (Lipinski definition) is 4. The predicted molar refractivity (Wildman–Crippen MR) is 94.9 cm³/mol. The third-order valence-electron chi connectivity index (χ3n) is 3.87. The Morgan fingerprint density at radius 3 is 2.32 bits per heavy atom. The van der Waals surface area contributed by atoms with Crippen LogP contribution in [0.5, 0.6) is 0 Å². The third kappa shape index (κ3) is 3.48. The fourth-order valence-electron chi connectivity index (χ4n) is 2.43. The molecule has 1 aliphatic heterocycles. The van der Waals surface area contributed by atoms with Crippen LogP contribution in [0, 0.1) is 12.8 Å². The number of carbonyl (C=O) groups excluding carboxylic acids is 2. The summed E-state index contributed by atoms with van der Waals surface area (Å²) >= 11 is 0. The largest absolute Gasteiger partial charge is 0.324 e. The molecule has 0 aliphatic carbocycles. The van der Waals surface area contributed by atoms with Crippen LogP contribution in [0.1, 0.15) is 12.5 Å². The topological polar surface area (TPSA) is 104 Å². The normalized spacial score (nSPS) is 17.1. The van der Waals surface area contributed by atoms with Crippen LogP contribution in [-0.2, 0) is 19.6 Å². The van der Waals surface area contributed by atoms with E-state index in [-0.39, 0.29) is 10.6 Å². The van der Waals surface area contributed by atoms with E-state index in [0.29, 0.717) is 11.4 Å². The number of carbonyl (C=O) groups is 2. The lowest BCUT2D eigenvalue weighted by atomic mass is 10.1. The van der Waals surface area contributed by atoms with Crippen molar-refractivity contribution in [1.82, 2.24) is 0 Å². The van der Waals surface area contributed by atoms with Gasteiger partial charge in [0.15, 0.2) is 0 Å². The number of anilines is 3. The van der Waals surface area contributed by atoms with Gasteiger partial charge in [-0.15, -0.1) is 0 Å². The molecule has 2 aromatic carbocycles. The van der Waals surface area contributed by atoms with Crippen molar-refractivity contribution in [2.24, 2.45) is 5.92 Å². The molecule has 0 aromatic heterocycles. The summed E-state index contributed by atoms with van der Waals surface area (Å²) in [6.07, 6.45) is 0. The Morgan fingerprint density at radius 1 is 0.960 bits per heavy atom. The monoisotopic (exact) mass is 359 g/mol. The molecule has 1 atom stereocenters. The lowest BCUT2D eigenvalue weighted by Gasteiger charge is -2.12. The van der Waals surface area contributed by atoms with Crippen LogP contribution < -0.4 is 15.4 Å². The number of amides is 2. The average Bonchev–Trinajstić information content (AvgIpc) is 2.64. The van der Waals surface area contributed by atoms with Gasteiger partial charge in [0.2, 0.25) is 11.8 Å². The number of rotatable bonds is 3. The van der Waals surface area contributed by atoms with Crippen molar-refractivity contribution >= 4 is 38.9 Å². The van der Waals surface area contributed by atoms with Crippen LogP contribution in [-0.4, -0.2) is 20.2 Å². The SMILES string of the molecule is Cc1cccc(NS(=O)(=O)c2ccc3c(c2)NC(=O)C(C)C(=O)N3)c1. The molecule has 25 heavy (non-hydrogen) atoms. The summed E-state index contributed by atoms with van der Waals surface area (Å²) in [5, 5.41) is 5.17. The maximum absolute atomic E-state index is 12.6. The zero-order valence-corrected chi connectivity index (χ0v) is 14.5. The van der Waals surface area contributed by atoms with Crippen LogP contribution in [0.2, 0.25) is 0 Å². The Bertz CT molecular complexity index is 970. The van der Waals surface area contributed by atoms with Crippen LogP contribution in [0.4, 0.5) is 17.1 Å². The molecule has 0 spiro atoms. The van der Waals surface area contributed by atoms with Gasteiger partial charge in [-0.2, -0.15) is 0 Å². The van der Waals surface area contributed by atoms with E-state index in [9.17, 15) is 18.0 Å². The fraction of sp³-hybridized carbons (Fsp3) is 0.176. The zero-order chi connectivity index (χ0) is 18.2. The molecule has 8 heteroatoms. The van der Waals surface area contributed by atoms with Crippen molar-refractivity contribution in [3.63, 3.8) is 0 Å². The summed E-state index contributed by atoms with van der Waals surface area (Å²) in [5.41, 5.74) is 1.97. The highest BCUT2D eigenvalue weighted by Gasteiger charge is 2.27. The van der Waals surface area contributed by atoms with E-state index in [4.69, 9.17) is 0 Å². The molecular formula is C17H17N3O4S. The van der Waals surface area contributed by atoms with Crippen LogP contribution in [0.15, 0.2) is 47.4 Å². The summed E-state index contributed by atoms with van der Waals surface area (Å²) in [7, 11) is -3.83. The Balaban J connectivity index is 1.95. The molecule has 7 nitrogen and oxygen atoms in total. The van der Waals surface area contributed by atoms with Gasteiger partial charge in [-0.1, -0.05) is 12.1 Å². The van der Waals surface area contributed by atoms with Gasteiger partial charge in [0.05, 0.1) is 16.3 Å². The van der Waals surface area contributed by atoms with Gasteiger partial charge in [0.1, 0.15) is 5.92 Å². The highest BCUT2D eigenvalue weighted by atomic mass is 32.2. The van der Waals surface area contributed by atoms with Gasteiger partial charge in [-0.25, -0.2) is 8.42 Å².